The predicted molar refractivity (Wildman–Crippen MR) is 80.5 cm³/mol. The number of hydrogen-bond donors (Lipinski definition) is 1. The zero-order valence-electron chi connectivity index (χ0n) is 12.0. The molecule has 0 saturated carbocycles. The molecule has 2 N–H and O–H groups in total. The van der Waals surface area contributed by atoms with Crippen LogP contribution in [-0.2, 0) is 15.9 Å². The van der Waals surface area contributed by atoms with Crippen LogP contribution in [0.5, 0.6) is 0 Å². The summed E-state index contributed by atoms with van der Waals surface area (Å²) < 4.78 is 15.4. The average molecular weight is 289 g/mol. The minimum atomic E-state index is 0.471. The summed E-state index contributed by atoms with van der Waals surface area (Å²) in [4.78, 5) is 4.26. The Bertz CT molecular complexity index is 564. The van der Waals surface area contributed by atoms with Gasteiger partial charge in [-0.15, -0.1) is 0 Å². The van der Waals surface area contributed by atoms with Crippen molar-refractivity contribution in [3.8, 4) is 0 Å². The molecule has 0 atom stereocenters. The van der Waals surface area contributed by atoms with Crippen molar-refractivity contribution in [2.75, 3.05) is 32.7 Å². The van der Waals surface area contributed by atoms with Crippen molar-refractivity contribution in [3.05, 3.63) is 41.5 Å². The molecule has 2 aromatic rings. The molecule has 0 bridgehead atoms. The molecule has 0 aliphatic rings. The van der Waals surface area contributed by atoms with E-state index in [1.54, 1.807) is 13.2 Å². The molecule has 0 unspecified atom stereocenters. The topological polar surface area (TPSA) is 83.4 Å². The fourth-order valence-corrected chi connectivity index (χ4v) is 1.62. The standard InChI is InChI=1S/C15H19N3O3/c1-19-10-11-20-9-8-14-17-15(21-18-14)7-4-12-2-5-13(16)6-3-12/h2-7H,8-11,16H2,1H3/b7-4+. The van der Waals surface area contributed by atoms with Crippen LogP contribution in [0, 0.1) is 0 Å². The number of hydrogen-bond acceptors (Lipinski definition) is 6. The van der Waals surface area contributed by atoms with Crippen LogP contribution in [0.15, 0.2) is 28.8 Å². The highest BCUT2D eigenvalue weighted by atomic mass is 16.5. The molecule has 0 amide bonds. The number of rotatable bonds is 8. The molecule has 2 rings (SSSR count). The van der Waals surface area contributed by atoms with E-state index in [4.69, 9.17) is 19.7 Å². The van der Waals surface area contributed by atoms with Gasteiger partial charge in [-0.1, -0.05) is 17.3 Å². The Balaban J connectivity index is 1.81. The third-order valence-electron chi connectivity index (χ3n) is 2.74. The number of nitrogens with zero attached hydrogens (tertiary/aromatic N) is 2. The Morgan fingerprint density at radius 3 is 2.71 bits per heavy atom. The van der Waals surface area contributed by atoms with Crippen LogP contribution in [-0.4, -0.2) is 37.1 Å². The first kappa shape index (κ1) is 15.2. The number of anilines is 1. The van der Waals surface area contributed by atoms with E-state index in [1.807, 2.05) is 30.3 Å². The maximum atomic E-state index is 5.63. The van der Waals surface area contributed by atoms with Crippen molar-refractivity contribution in [3.63, 3.8) is 0 Å². The highest BCUT2D eigenvalue weighted by molar-refractivity contribution is 5.66. The van der Waals surface area contributed by atoms with Gasteiger partial charge < -0.3 is 19.7 Å². The largest absolute Gasteiger partial charge is 0.399 e. The summed E-state index contributed by atoms with van der Waals surface area (Å²) in [6.07, 6.45) is 4.28. The van der Waals surface area contributed by atoms with Crippen LogP contribution in [0.1, 0.15) is 17.3 Å². The predicted octanol–water partition coefficient (Wildman–Crippen LogP) is 2.03. The minimum absolute atomic E-state index is 0.471. The molecule has 1 aromatic carbocycles. The second-order valence-electron chi connectivity index (χ2n) is 4.40. The smallest absolute Gasteiger partial charge is 0.250 e. The van der Waals surface area contributed by atoms with Gasteiger partial charge in [0.25, 0.3) is 5.89 Å². The van der Waals surface area contributed by atoms with Crippen LogP contribution in [0.25, 0.3) is 12.2 Å². The second-order valence-corrected chi connectivity index (χ2v) is 4.40. The zero-order valence-corrected chi connectivity index (χ0v) is 12.0. The number of nitrogens with two attached hydrogens (primary N) is 1. The molecule has 1 heterocycles. The van der Waals surface area contributed by atoms with Crippen molar-refractivity contribution in [2.45, 2.75) is 6.42 Å². The molecular weight excluding hydrogens is 270 g/mol. The molecule has 6 nitrogen and oxygen atoms in total. The maximum Gasteiger partial charge on any atom is 0.250 e. The lowest BCUT2D eigenvalue weighted by Gasteiger charge is -1.99. The Morgan fingerprint density at radius 1 is 1.14 bits per heavy atom. The van der Waals surface area contributed by atoms with Crippen LogP contribution in [0.3, 0.4) is 0 Å². The first-order valence-electron chi connectivity index (χ1n) is 6.71. The van der Waals surface area contributed by atoms with Gasteiger partial charge in [0.15, 0.2) is 5.82 Å². The van der Waals surface area contributed by atoms with Crippen molar-refractivity contribution >= 4 is 17.8 Å². The fraction of sp³-hybridized carbons (Fsp3) is 0.333. The zero-order chi connectivity index (χ0) is 14.9. The van der Waals surface area contributed by atoms with E-state index in [2.05, 4.69) is 10.1 Å². The summed E-state index contributed by atoms with van der Waals surface area (Å²) in [5.74, 6) is 1.10. The number of aromatic nitrogens is 2. The van der Waals surface area contributed by atoms with Gasteiger partial charge in [-0.05, 0) is 23.8 Å². The molecule has 21 heavy (non-hydrogen) atoms. The van der Waals surface area contributed by atoms with Gasteiger partial charge in [-0.3, -0.25) is 0 Å². The van der Waals surface area contributed by atoms with Crippen molar-refractivity contribution in [1.29, 1.82) is 0 Å². The van der Waals surface area contributed by atoms with Crippen LogP contribution in [0.4, 0.5) is 5.69 Å². The second kappa shape index (κ2) is 8.18. The maximum absolute atomic E-state index is 5.63. The third-order valence-corrected chi connectivity index (χ3v) is 2.74. The van der Waals surface area contributed by atoms with Crippen LogP contribution in [0.2, 0.25) is 0 Å². The summed E-state index contributed by atoms with van der Waals surface area (Å²) in [5.41, 5.74) is 7.39. The van der Waals surface area contributed by atoms with Gasteiger partial charge in [0, 0.05) is 25.3 Å². The Hall–Kier alpha value is -2.18. The number of benzene rings is 1. The van der Waals surface area contributed by atoms with Crippen LogP contribution < -0.4 is 5.73 Å². The Labute approximate surface area is 123 Å². The molecule has 0 fully saturated rings. The van der Waals surface area contributed by atoms with Gasteiger partial charge in [0.05, 0.1) is 19.8 Å². The molecule has 6 heteroatoms. The molecule has 112 valence electrons. The first-order chi connectivity index (χ1) is 10.3. The molecular formula is C15H19N3O3. The normalized spacial score (nSPS) is 11.3. The quantitative estimate of drug-likeness (QED) is 0.591. The monoisotopic (exact) mass is 289 g/mol. The molecule has 1 aromatic heterocycles. The third kappa shape index (κ3) is 5.37. The fourth-order valence-electron chi connectivity index (χ4n) is 1.62. The summed E-state index contributed by atoms with van der Waals surface area (Å²) in [7, 11) is 1.64. The van der Waals surface area contributed by atoms with Crippen molar-refractivity contribution in [2.24, 2.45) is 0 Å². The highest BCUT2D eigenvalue weighted by Gasteiger charge is 2.03. The van der Waals surface area contributed by atoms with Crippen LogP contribution >= 0.6 is 0 Å². The molecule has 0 aliphatic carbocycles. The van der Waals surface area contributed by atoms with E-state index in [1.165, 1.54) is 0 Å². The Morgan fingerprint density at radius 2 is 1.95 bits per heavy atom. The lowest BCUT2D eigenvalue weighted by Crippen LogP contribution is -2.05. The lowest BCUT2D eigenvalue weighted by molar-refractivity contribution is 0.0714. The molecule has 0 saturated heterocycles. The van der Waals surface area contributed by atoms with Crippen molar-refractivity contribution in [1.82, 2.24) is 10.1 Å². The summed E-state index contributed by atoms with van der Waals surface area (Å²) >= 11 is 0. The van der Waals surface area contributed by atoms with Gasteiger partial charge in [0.1, 0.15) is 0 Å². The first-order valence-corrected chi connectivity index (χ1v) is 6.71. The molecule has 0 radical (unpaired) electrons. The van der Waals surface area contributed by atoms with E-state index in [0.29, 0.717) is 38.0 Å². The van der Waals surface area contributed by atoms with Gasteiger partial charge in [0.2, 0.25) is 0 Å². The van der Waals surface area contributed by atoms with E-state index in [0.717, 1.165) is 11.3 Å². The van der Waals surface area contributed by atoms with Crippen molar-refractivity contribution < 1.29 is 14.0 Å². The van der Waals surface area contributed by atoms with E-state index in [9.17, 15) is 0 Å². The lowest BCUT2D eigenvalue weighted by atomic mass is 10.2. The summed E-state index contributed by atoms with van der Waals surface area (Å²) in [6, 6.07) is 7.53. The summed E-state index contributed by atoms with van der Waals surface area (Å²) in [6.45, 7) is 1.70. The molecule has 0 aliphatic heterocycles. The number of nitrogen functional groups attached to an aromatic ring is 1. The number of methoxy groups -OCH3 is 1. The van der Waals surface area contributed by atoms with E-state index in [-0.39, 0.29) is 0 Å². The van der Waals surface area contributed by atoms with Gasteiger partial charge >= 0.3 is 0 Å². The van der Waals surface area contributed by atoms with E-state index >= 15 is 0 Å². The Kier molecular flexibility index (Phi) is 5.93. The van der Waals surface area contributed by atoms with Gasteiger partial charge in [-0.25, -0.2) is 0 Å². The minimum Gasteiger partial charge on any atom is -0.399 e. The summed E-state index contributed by atoms with van der Waals surface area (Å²) in [5, 5.41) is 3.89. The van der Waals surface area contributed by atoms with Gasteiger partial charge in [-0.2, -0.15) is 4.98 Å². The highest BCUT2D eigenvalue weighted by Crippen LogP contribution is 2.09. The number of ether oxygens (including phenoxy) is 2. The average Bonchev–Trinajstić information content (AvgIpc) is 2.94. The van der Waals surface area contributed by atoms with E-state index < -0.39 is 0 Å². The molecule has 0 spiro atoms. The SMILES string of the molecule is COCCOCCc1noc(/C=C/c2ccc(N)cc2)n1.